The molecule has 0 radical (unpaired) electrons. The normalized spacial score (nSPS) is 20.9. The molecule has 2 rings (SSSR count). The average molecular weight is 321 g/mol. The Labute approximate surface area is 136 Å². The Kier molecular flexibility index (Phi) is 5.47. The molecule has 1 saturated heterocycles. The Morgan fingerprint density at radius 2 is 1.96 bits per heavy atom. The van der Waals surface area contributed by atoms with Crippen molar-refractivity contribution < 1.29 is 24.2 Å². The number of aliphatic carboxylic acids is 1. The molecule has 1 fully saturated rings. The third kappa shape index (κ3) is 3.94. The standard InChI is InChI=1S/C17H23NO5/c1-11-10-18(7-6-13(11)17(20)21)16(19)9-12-4-5-14(22-2)15(8-12)23-3/h4-5,8,11,13H,6-7,9-10H2,1-3H3,(H,20,21). The van der Waals surface area contributed by atoms with Crippen molar-refractivity contribution in [3.8, 4) is 11.5 Å². The van der Waals surface area contributed by atoms with E-state index in [1.807, 2.05) is 13.0 Å². The Hall–Kier alpha value is -2.24. The predicted octanol–water partition coefficient (Wildman–Crippen LogP) is 1.82. The van der Waals surface area contributed by atoms with Gasteiger partial charge in [-0.15, -0.1) is 0 Å². The number of likely N-dealkylation sites (tertiary alicyclic amines) is 1. The lowest BCUT2D eigenvalue weighted by Gasteiger charge is -2.35. The Balaban J connectivity index is 2.01. The number of carboxylic acid groups (broad SMARTS) is 1. The number of carbonyl (C=O) groups excluding carboxylic acids is 1. The molecule has 0 aliphatic carbocycles. The van der Waals surface area contributed by atoms with E-state index in [1.165, 1.54) is 0 Å². The first-order valence-electron chi connectivity index (χ1n) is 7.67. The lowest BCUT2D eigenvalue weighted by atomic mass is 9.87. The summed E-state index contributed by atoms with van der Waals surface area (Å²) in [7, 11) is 3.12. The zero-order valence-electron chi connectivity index (χ0n) is 13.7. The Morgan fingerprint density at radius 1 is 1.26 bits per heavy atom. The number of carbonyl (C=O) groups is 2. The molecule has 1 N–H and O–H groups in total. The minimum Gasteiger partial charge on any atom is -0.493 e. The molecule has 0 bridgehead atoms. The summed E-state index contributed by atoms with van der Waals surface area (Å²) in [5.41, 5.74) is 0.848. The number of rotatable bonds is 5. The fraction of sp³-hybridized carbons (Fsp3) is 0.529. The minimum absolute atomic E-state index is 0.00732. The van der Waals surface area contributed by atoms with Crippen molar-refractivity contribution in [3.63, 3.8) is 0 Å². The fourth-order valence-corrected chi connectivity index (χ4v) is 3.02. The molecule has 6 heteroatoms. The topological polar surface area (TPSA) is 76.1 Å². The molecule has 0 spiro atoms. The highest BCUT2D eigenvalue weighted by molar-refractivity contribution is 5.79. The van der Waals surface area contributed by atoms with Gasteiger partial charge in [0, 0.05) is 13.1 Å². The van der Waals surface area contributed by atoms with Crippen LogP contribution in [0.2, 0.25) is 0 Å². The van der Waals surface area contributed by atoms with Crippen LogP contribution in [0.25, 0.3) is 0 Å². The lowest BCUT2D eigenvalue weighted by molar-refractivity contribution is -0.148. The van der Waals surface area contributed by atoms with Crippen LogP contribution in [-0.2, 0) is 16.0 Å². The first kappa shape index (κ1) is 17.1. The quantitative estimate of drug-likeness (QED) is 0.895. The van der Waals surface area contributed by atoms with Crippen LogP contribution in [0, 0.1) is 11.8 Å². The molecule has 1 aromatic carbocycles. The molecular formula is C17H23NO5. The summed E-state index contributed by atoms with van der Waals surface area (Å²) in [6.45, 7) is 2.87. The van der Waals surface area contributed by atoms with E-state index in [-0.39, 0.29) is 24.2 Å². The van der Waals surface area contributed by atoms with Gasteiger partial charge in [-0.2, -0.15) is 0 Å². The summed E-state index contributed by atoms with van der Waals surface area (Å²) < 4.78 is 10.4. The van der Waals surface area contributed by atoms with Crippen molar-refractivity contribution >= 4 is 11.9 Å². The predicted molar refractivity (Wildman–Crippen MR) is 84.7 cm³/mol. The van der Waals surface area contributed by atoms with E-state index in [9.17, 15) is 9.59 Å². The summed E-state index contributed by atoms with van der Waals surface area (Å²) >= 11 is 0. The number of hydrogen-bond donors (Lipinski definition) is 1. The van der Waals surface area contributed by atoms with Gasteiger partial charge in [0.25, 0.3) is 0 Å². The first-order valence-corrected chi connectivity index (χ1v) is 7.67. The first-order chi connectivity index (χ1) is 11.0. The smallest absolute Gasteiger partial charge is 0.306 e. The molecule has 23 heavy (non-hydrogen) atoms. The summed E-state index contributed by atoms with van der Waals surface area (Å²) in [6.07, 6.45) is 0.777. The highest BCUT2D eigenvalue weighted by Crippen LogP contribution is 2.28. The van der Waals surface area contributed by atoms with Crippen molar-refractivity contribution in [2.24, 2.45) is 11.8 Å². The van der Waals surface area contributed by atoms with E-state index in [0.29, 0.717) is 31.0 Å². The largest absolute Gasteiger partial charge is 0.493 e. The maximum absolute atomic E-state index is 12.5. The SMILES string of the molecule is COc1ccc(CC(=O)N2CCC(C(=O)O)C(C)C2)cc1OC. The van der Waals surface area contributed by atoms with E-state index >= 15 is 0 Å². The van der Waals surface area contributed by atoms with Gasteiger partial charge in [0.1, 0.15) is 0 Å². The number of hydrogen-bond acceptors (Lipinski definition) is 4. The second-order valence-electron chi connectivity index (χ2n) is 5.92. The molecule has 1 heterocycles. The molecule has 0 aromatic heterocycles. The molecule has 0 saturated carbocycles. The summed E-state index contributed by atoms with van der Waals surface area (Å²) in [5, 5.41) is 9.15. The van der Waals surface area contributed by atoms with Gasteiger partial charge in [-0.1, -0.05) is 13.0 Å². The average Bonchev–Trinajstić information content (AvgIpc) is 2.54. The number of amides is 1. The molecule has 1 aliphatic heterocycles. The van der Waals surface area contributed by atoms with Crippen molar-refractivity contribution in [2.75, 3.05) is 27.3 Å². The number of methoxy groups -OCH3 is 2. The Morgan fingerprint density at radius 3 is 2.52 bits per heavy atom. The second-order valence-corrected chi connectivity index (χ2v) is 5.92. The number of carboxylic acids is 1. The summed E-state index contributed by atoms with van der Waals surface area (Å²) in [5.74, 6) is 0.0588. The van der Waals surface area contributed by atoms with Crippen molar-refractivity contribution in [2.45, 2.75) is 19.8 Å². The summed E-state index contributed by atoms with van der Waals surface area (Å²) in [6, 6.07) is 5.41. The third-order valence-electron chi connectivity index (χ3n) is 4.38. The summed E-state index contributed by atoms with van der Waals surface area (Å²) in [4.78, 5) is 25.3. The van der Waals surface area contributed by atoms with E-state index in [1.54, 1.807) is 31.3 Å². The maximum Gasteiger partial charge on any atom is 0.306 e. The molecule has 1 aliphatic rings. The van der Waals surface area contributed by atoms with Gasteiger partial charge in [-0.05, 0) is 30.0 Å². The third-order valence-corrected chi connectivity index (χ3v) is 4.38. The minimum atomic E-state index is -0.774. The van der Waals surface area contributed by atoms with Gasteiger partial charge in [0.05, 0.1) is 26.6 Å². The van der Waals surface area contributed by atoms with Crippen molar-refractivity contribution in [3.05, 3.63) is 23.8 Å². The van der Waals surface area contributed by atoms with E-state index in [2.05, 4.69) is 0 Å². The van der Waals surface area contributed by atoms with Gasteiger partial charge in [0.15, 0.2) is 11.5 Å². The van der Waals surface area contributed by atoms with Crippen LogP contribution in [0.15, 0.2) is 18.2 Å². The number of piperidine rings is 1. The monoisotopic (exact) mass is 321 g/mol. The molecule has 6 nitrogen and oxygen atoms in total. The van der Waals surface area contributed by atoms with Gasteiger partial charge >= 0.3 is 5.97 Å². The maximum atomic E-state index is 12.5. The highest BCUT2D eigenvalue weighted by atomic mass is 16.5. The molecule has 2 unspecified atom stereocenters. The number of nitrogens with zero attached hydrogens (tertiary/aromatic N) is 1. The van der Waals surface area contributed by atoms with Crippen molar-refractivity contribution in [1.29, 1.82) is 0 Å². The molecule has 126 valence electrons. The van der Waals surface area contributed by atoms with Crippen molar-refractivity contribution in [1.82, 2.24) is 4.90 Å². The molecule has 1 amide bonds. The number of ether oxygens (including phenoxy) is 2. The Bertz CT molecular complexity index is 586. The van der Waals surface area contributed by atoms with Crippen LogP contribution in [0.3, 0.4) is 0 Å². The molecular weight excluding hydrogens is 298 g/mol. The van der Waals surface area contributed by atoms with Gasteiger partial charge < -0.3 is 19.5 Å². The molecule has 2 atom stereocenters. The highest BCUT2D eigenvalue weighted by Gasteiger charge is 2.32. The fourth-order valence-electron chi connectivity index (χ4n) is 3.02. The van der Waals surface area contributed by atoms with Crippen LogP contribution in [-0.4, -0.2) is 49.2 Å². The molecule has 1 aromatic rings. The van der Waals surface area contributed by atoms with Crippen LogP contribution < -0.4 is 9.47 Å². The van der Waals surface area contributed by atoms with Crippen LogP contribution in [0.5, 0.6) is 11.5 Å². The second kappa shape index (κ2) is 7.35. The van der Waals surface area contributed by atoms with Gasteiger partial charge in [0.2, 0.25) is 5.91 Å². The van der Waals surface area contributed by atoms with Crippen LogP contribution in [0.1, 0.15) is 18.9 Å². The lowest BCUT2D eigenvalue weighted by Crippen LogP contribution is -2.45. The van der Waals surface area contributed by atoms with E-state index in [4.69, 9.17) is 14.6 Å². The zero-order valence-corrected chi connectivity index (χ0v) is 13.7. The zero-order chi connectivity index (χ0) is 17.0. The van der Waals surface area contributed by atoms with Gasteiger partial charge in [-0.3, -0.25) is 9.59 Å². The van der Waals surface area contributed by atoms with Gasteiger partial charge in [-0.25, -0.2) is 0 Å². The number of benzene rings is 1. The van der Waals surface area contributed by atoms with E-state index in [0.717, 1.165) is 5.56 Å². The van der Waals surface area contributed by atoms with E-state index < -0.39 is 5.97 Å². The van der Waals surface area contributed by atoms with Crippen LogP contribution in [0.4, 0.5) is 0 Å². The van der Waals surface area contributed by atoms with Crippen LogP contribution >= 0.6 is 0 Å².